The second-order valence-electron chi connectivity index (χ2n) is 9.16. The quantitative estimate of drug-likeness (QED) is 0.185. The Morgan fingerprint density at radius 1 is 0.316 bits per heavy atom. The van der Waals surface area contributed by atoms with Crippen molar-refractivity contribution in [3.8, 4) is 0 Å². The highest BCUT2D eigenvalue weighted by Crippen LogP contribution is 2.41. The number of hydrogen-bond acceptors (Lipinski definition) is 4. The summed E-state index contributed by atoms with van der Waals surface area (Å²) in [6, 6.07) is 28.9. The van der Waals surface area contributed by atoms with Crippen LogP contribution in [0.4, 0.5) is 0 Å². The van der Waals surface area contributed by atoms with Gasteiger partial charge in [-0.3, -0.25) is 19.2 Å². The van der Waals surface area contributed by atoms with E-state index in [0.717, 1.165) is 0 Å². The van der Waals surface area contributed by atoms with E-state index in [2.05, 4.69) is 0 Å². The first-order chi connectivity index (χ1) is 18.2. The third-order valence-corrected chi connectivity index (χ3v) is 6.55. The van der Waals surface area contributed by atoms with Gasteiger partial charge in [-0.2, -0.15) is 0 Å². The van der Waals surface area contributed by atoms with Gasteiger partial charge >= 0.3 is 0 Å². The molecule has 0 fully saturated rings. The van der Waals surface area contributed by atoms with Gasteiger partial charge in [0.05, 0.1) is 0 Å². The van der Waals surface area contributed by atoms with Gasteiger partial charge in [-0.15, -0.1) is 0 Å². The lowest BCUT2D eigenvalue weighted by Gasteiger charge is -2.23. The van der Waals surface area contributed by atoms with Crippen LogP contribution in [0.1, 0.15) is 91.4 Å². The molecule has 0 aromatic heterocycles. The van der Waals surface area contributed by atoms with E-state index in [-0.39, 0.29) is 23.1 Å². The monoisotopic (exact) mass is 500 g/mol. The smallest absolute Gasteiger partial charge is 0.160 e. The first-order valence-corrected chi connectivity index (χ1v) is 12.4. The Kier molecular flexibility index (Phi) is 7.73. The summed E-state index contributed by atoms with van der Waals surface area (Å²) in [5, 5.41) is 0. The lowest BCUT2D eigenvalue weighted by molar-refractivity contribution is 0.100. The molecule has 38 heavy (non-hydrogen) atoms. The van der Waals surface area contributed by atoms with E-state index >= 15 is 0 Å². The molecule has 0 unspecified atom stereocenters. The van der Waals surface area contributed by atoms with Crippen molar-refractivity contribution in [2.75, 3.05) is 0 Å². The van der Waals surface area contributed by atoms with E-state index in [0.29, 0.717) is 55.7 Å². The number of Topliss-reactive ketones (excluding diaryl/α,β-unsaturated/α-hetero) is 4. The van der Waals surface area contributed by atoms with E-state index in [1.807, 2.05) is 48.5 Å². The zero-order chi connectivity index (χ0) is 27.4. The molecule has 4 rings (SSSR count). The number of rotatable bonds is 8. The second kappa shape index (κ2) is 11.1. The first-order valence-electron chi connectivity index (χ1n) is 12.4. The fourth-order valence-corrected chi connectivity index (χ4v) is 4.86. The molecule has 0 saturated carbocycles. The minimum Gasteiger partial charge on any atom is -0.294 e. The summed E-state index contributed by atoms with van der Waals surface area (Å²) in [5.74, 6) is -0.565. The number of ketones is 4. The predicted molar refractivity (Wildman–Crippen MR) is 151 cm³/mol. The fourth-order valence-electron chi connectivity index (χ4n) is 4.86. The third-order valence-electron chi connectivity index (χ3n) is 6.55. The summed E-state index contributed by atoms with van der Waals surface area (Å²) in [4.78, 5) is 51.5. The fraction of sp³-hybridized carbons (Fsp3) is 0.118. The molecule has 0 saturated heterocycles. The van der Waals surface area contributed by atoms with Crippen LogP contribution in [0.15, 0.2) is 97.1 Å². The molecule has 4 nitrogen and oxygen atoms in total. The van der Waals surface area contributed by atoms with Crippen LogP contribution >= 0.6 is 0 Å². The average Bonchev–Trinajstić information content (AvgIpc) is 2.91. The number of benzene rings is 4. The highest BCUT2D eigenvalue weighted by Gasteiger charge is 2.26. The van der Waals surface area contributed by atoms with Crippen LogP contribution in [0.2, 0.25) is 0 Å². The Bertz CT molecular complexity index is 1380. The van der Waals surface area contributed by atoms with Crippen LogP contribution in [0.5, 0.6) is 0 Å². The lowest BCUT2D eigenvalue weighted by Crippen LogP contribution is -2.10. The molecule has 0 amide bonds. The van der Waals surface area contributed by atoms with Crippen molar-refractivity contribution >= 4 is 34.3 Å². The van der Waals surface area contributed by atoms with Gasteiger partial charge in [0.2, 0.25) is 0 Å². The molecular formula is C34H28O4. The molecular weight excluding hydrogens is 472 g/mol. The summed E-state index contributed by atoms with van der Waals surface area (Å²) in [6.07, 6.45) is 0. The second-order valence-corrected chi connectivity index (χ2v) is 9.16. The average molecular weight is 501 g/mol. The zero-order valence-corrected chi connectivity index (χ0v) is 21.9. The van der Waals surface area contributed by atoms with Gasteiger partial charge in [-0.1, -0.05) is 97.1 Å². The van der Waals surface area contributed by atoms with Crippen molar-refractivity contribution in [2.24, 2.45) is 0 Å². The van der Waals surface area contributed by atoms with Gasteiger partial charge in [0.15, 0.2) is 23.1 Å². The molecule has 0 heterocycles. The Labute approximate surface area is 222 Å². The Hall–Kier alpha value is -4.70. The van der Waals surface area contributed by atoms with Crippen LogP contribution in [-0.2, 0) is 0 Å². The minimum atomic E-state index is -0.141. The molecule has 0 aliphatic rings. The lowest BCUT2D eigenvalue weighted by atomic mass is 9.79. The maximum atomic E-state index is 12.9. The normalized spacial score (nSPS) is 10.5. The number of carbonyl (C=O) groups is 4. The topological polar surface area (TPSA) is 68.3 Å². The van der Waals surface area contributed by atoms with Gasteiger partial charge in [0.25, 0.3) is 0 Å². The molecule has 0 atom stereocenters. The maximum absolute atomic E-state index is 12.9. The maximum Gasteiger partial charge on any atom is 0.160 e. The molecule has 4 aromatic carbocycles. The van der Waals surface area contributed by atoms with E-state index in [4.69, 9.17) is 0 Å². The minimum absolute atomic E-state index is 0.141. The largest absolute Gasteiger partial charge is 0.294 e. The van der Waals surface area contributed by atoms with Gasteiger partial charge < -0.3 is 0 Å². The van der Waals surface area contributed by atoms with Crippen LogP contribution in [0, 0.1) is 0 Å². The molecule has 0 spiro atoms. The molecule has 0 bridgehead atoms. The van der Waals surface area contributed by atoms with Crippen molar-refractivity contribution in [3.05, 3.63) is 142 Å². The highest BCUT2D eigenvalue weighted by molar-refractivity contribution is 6.17. The van der Waals surface area contributed by atoms with Crippen molar-refractivity contribution in [1.29, 1.82) is 0 Å². The van der Waals surface area contributed by atoms with Crippen molar-refractivity contribution in [2.45, 2.75) is 27.7 Å². The predicted octanol–water partition coefficient (Wildman–Crippen LogP) is 7.50. The van der Waals surface area contributed by atoms with Gasteiger partial charge in [-0.25, -0.2) is 0 Å². The van der Waals surface area contributed by atoms with Crippen molar-refractivity contribution in [1.82, 2.24) is 0 Å². The Morgan fingerprint density at radius 2 is 0.474 bits per heavy atom. The molecule has 0 N–H and O–H groups in total. The van der Waals surface area contributed by atoms with E-state index in [1.165, 1.54) is 27.7 Å². The summed E-state index contributed by atoms with van der Waals surface area (Å²) in [6.45, 7) is 6.00. The third kappa shape index (κ3) is 5.07. The molecule has 0 aliphatic heterocycles. The Morgan fingerprint density at radius 3 is 0.632 bits per heavy atom. The van der Waals surface area contributed by atoms with E-state index < -0.39 is 0 Å². The molecule has 0 aliphatic carbocycles. The van der Waals surface area contributed by atoms with E-state index in [9.17, 15) is 19.2 Å². The van der Waals surface area contributed by atoms with Crippen LogP contribution < -0.4 is 0 Å². The van der Waals surface area contributed by atoms with Gasteiger partial charge in [-0.05, 0) is 61.1 Å². The zero-order valence-electron chi connectivity index (χ0n) is 21.9. The van der Waals surface area contributed by atoms with Crippen molar-refractivity contribution < 1.29 is 19.2 Å². The SMILES string of the molecule is CC(=O)c1ccccc1C(=C(c1ccccc1C(C)=O)c1ccccc1C(C)=O)c1ccccc1C(C)=O. The summed E-state index contributed by atoms with van der Waals surface area (Å²) < 4.78 is 0. The molecule has 188 valence electrons. The molecule has 4 aromatic rings. The van der Waals surface area contributed by atoms with Crippen LogP contribution in [-0.4, -0.2) is 23.1 Å². The van der Waals surface area contributed by atoms with Crippen molar-refractivity contribution in [3.63, 3.8) is 0 Å². The van der Waals surface area contributed by atoms with Gasteiger partial charge in [0.1, 0.15) is 0 Å². The summed E-state index contributed by atoms with van der Waals surface area (Å²) in [7, 11) is 0. The number of hydrogen-bond donors (Lipinski definition) is 0. The van der Waals surface area contributed by atoms with Crippen LogP contribution in [0.25, 0.3) is 11.1 Å². The van der Waals surface area contributed by atoms with Gasteiger partial charge in [0, 0.05) is 22.3 Å². The molecule has 0 radical (unpaired) electrons. The van der Waals surface area contributed by atoms with Crippen LogP contribution in [0.3, 0.4) is 0 Å². The number of carbonyl (C=O) groups excluding carboxylic acids is 4. The summed E-state index contributed by atoms with van der Waals surface area (Å²) in [5.41, 5.74) is 5.53. The van der Waals surface area contributed by atoms with E-state index in [1.54, 1.807) is 48.5 Å². The molecule has 4 heteroatoms. The first kappa shape index (κ1) is 26.4. The standard InChI is InChI=1S/C34H28O4/c1-21(35)25-13-5-9-17-29(25)33(30-18-10-6-14-26(30)22(2)36)34(31-19-11-7-15-27(31)23(3)37)32-20-12-8-16-28(32)24(4)38/h5-20H,1-4H3. The highest BCUT2D eigenvalue weighted by atomic mass is 16.1. The summed E-state index contributed by atoms with van der Waals surface area (Å²) >= 11 is 0. The Balaban J connectivity index is 2.36.